The van der Waals surface area contributed by atoms with Crippen LogP contribution in [0.5, 0.6) is 0 Å². The van der Waals surface area contributed by atoms with E-state index in [0.717, 1.165) is 12.8 Å². The Bertz CT molecular complexity index is 792. The standard InChI is InChI=1S/C15H14N2OS/c18-15-16(7-8-17(15)12-5-6-12)9-11-10-19-14-4-2-1-3-13(11)14/h1-4,7-8,10,12H,5-6,9H2. The van der Waals surface area contributed by atoms with Crippen LogP contribution in [0.25, 0.3) is 10.1 Å². The molecule has 2 heterocycles. The Morgan fingerprint density at radius 2 is 2.05 bits per heavy atom. The largest absolute Gasteiger partial charge is 0.328 e. The van der Waals surface area contributed by atoms with Crippen molar-refractivity contribution in [3.63, 3.8) is 0 Å². The molecule has 0 bridgehead atoms. The highest BCUT2D eigenvalue weighted by Gasteiger charge is 2.25. The molecule has 96 valence electrons. The molecule has 0 aliphatic heterocycles. The summed E-state index contributed by atoms with van der Waals surface area (Å²) in [5, 5.41) is 3.42. The van der Waals surface area contributed by atoms with Gasteiger partial charge in [0.15, 0.2) is 0 Å². The smallest absolute Gasteiger partial charge is 0.296 e. The highest BCUT2D eigenvalue weighted by molar-refractivity contribution is 7.17. The lowest BCUT2D eigenvalue weighted by Crippen LogP contribution is -2.23. The van der Waals surface area contributed by atoms with Crippen LogP contribution in [0, 0.1) is 0 Å². The van der Waals surface area contributed by atoms with E-state index >= 15 is 0 Å². The van der Waals surface area contributed by atoms with Gasteiger partial charge in [-0.15, -0.1) is 11.3 Å². The van der Waals surface area contributed by atoms with Gasteiger partial charge >= 0.3 is 5.69 Å². The van der Waals surface area contributed by atoms with Gasteiger partial charge in [0.2, 0.25) is 0 Å². The molecule has 0 atom stereocenters. The zero-order chi connectivity index (χ0) is 12.8. The Morgan fingerprint density at radius 1 is 1.21 bits per heavy atom. The van der Waals surface area contributed by atoms with Crippen LogP contribution < -0.4 is 5.69 Å². The van der Waals surface area contributed by atoms with Gasteiger partial charge in [0, 0.05) is 23.1 Å². The van der Waals surface area contributed by atoms with Crippen LogP contribution in [0.3, 0.4) is 0 Å². The normalized spacial score (nSPS) is 15.2. The third-order valence-electron chi connectivity index (χ3n) is 3.72. The number of hydrogen-bond donors (Lipinski definition) is 0. The minimum absolute atomic E-state index is 0.123. The fourth-order valence-corrected chi connectivity index (χ4v) is 3.47. The quantitative estimate of drug-likeness (QED) is 0.717. The topological polar surface area (TPSA) is 26.9 Å². The van der Waals surface area contributed by atoms with Gasteiger partial charge in [0.1, 0.15) is 0 Å². The molecule has 1 aliphatic carbocycles. The van der Waals surface area contributed by atoms with E-state index in [9.17, 15) is 4.79 Å². The second kappa shape index (κ2) is 4.10. The number of fused-ring (bicyclic) bond motifs is 1. The van der Waals surface area contributed by atoms with Crippen molar-refractivity contribution >= 4 is 21.4 Å². The van der Waals surface area contributed by atoms with Crippen LogP contribution in [-0.2, 0) is 6.54 Å². The molecule has 0 N–H and O–H groups in total. The lowest BCUT2D eigenvalue weighted by atomic mass is 10.2. The first kappa shape index (κ1) is 11.1. The monoisotopic (exact) mass is 270 g/mol. The lowest BCUT2D eigenvalue weighted by Gasteiger charge is -2.01. The van der Waals surface area contributed by atoms with Crippen molar-refractivity contribution in [1.29, 1.82) is 0 Å². The van der Waals surface area contributed by atoms with Gasteiger partial charge in [-0.05, 0) is 35.2 Å². The number of benzene rings is 1. The highest BCUT2D eigenvalue weighted by atomic mass is 32.1. The minimum Gasteiger partial charge on any atom is -0.296 e. The first-order valence-electron chi connectivity index (χ1n) is 6.55. The zero-order valence-electron chi connectivity index (χ0n) is 10.5. The van der Waals surface area contributed by atoms with E-state index in [2.05, 4.69) is 29.6 Å². The van der Waals surface area contributed by atoms with Crippen LogP contribution in [-0.4, -0.2) is 9.13 Å². The number of thiophene rings is 1. The van der Waals surface area contributed by atoms with E-state index < -0.39 is 0 Å². The third kappa shape index (κ3) is 1.83. The summed E-state index contributed by atoms with van der Waals surface area (Å²) in [6.45, 7) is 0.669. The fourth-order valence-electron chi connectivity index (χ4n) is 2.52. The second-order valence-electron chi connectivity index (χ2n) is 5.10. The van der Waals surface area contributed by atoms with E-state index in [0.29, 0.717) is 12.6 Å². The SMILES string of the molecule is O=c1n(Cc2csc3ccccc23)ccn1C1CC1. The predicted octanol–water partition coefficient (Wildman–Crippen LogP) is 3.25. The van der Waals surface area contributed by atoms with Crippen LogP contribution in [0.15, 0.2) is 46.8 Å². The fraction of sp³-hybridized carbons (Fsp3) is 0.267. The van der Waals surface area contributed by atoms with Crippen molar-refractivity contribution in [2.24, 2.45) is 0 Å². The summed E-state index contributed by atoms with van der Waals surface area (Å²) in [4.78, 5) is 12.2. The van der Waals surface area contributed by atoms with E-state index in [1.54, 1.807) is 11.3 Å². The predicted molar refractivity (Wildman–Crippen MR) is 77.9 cm³/mol. The molecule has 1 fully saturated rings. The van der Waals surface area contributed by atoms with Gasteiger partial charge in [-0.3, -0.25) is 9.13 Å². The first-order chi connectivity index (χ1) is 9.33. The molecule has 3 aromatic rings. The van der Waals surface area contributed by atoms with Gasteiger partial charge in [0.25, 0.3) is 0 Å². The Balaban J connectivity index is 1.73. The Labute approximate surface area is 114 Å². The summed E-state index contributed by atoms with van der Waals surface area (Å²) < 4.78 is 4.97. The maximum Gasteiger partial charge on any atom is 0.328 e. The van der Waals surface area contributed by atoms with Gasteiger partial charge in [-0.1, -0.05) is 18.2 Å². The molecule has 19 heavy (non-hydrogen) atoms. The molecule has 1 saturated carbocycles. The maximum atomic E-state index is 12.2. The van der Waals surface area contributed by atoms with Gasteiger partial charge in [-0.2, -0.15) is 0 Å². The lowest BCUT2D eigenvalue weighted by molar-refractivity contribution is 0.658. The molecule has 0 radical (unpaired) electrons. The van der Waals surface area contributed by atoms with Crippen LogP contribution >= 0.6 is 11.3 Å². The molecule has 1 aromatic carbocycles. The number of aromatic nitrogens is 2. The number of nitrogens with zero attached hydrogens (tertiary/aromatic N) is 2. The molecule has 1 aliphatic rings. The molecule has 0 amide bonds. The Hall–Kier alpha value is -1.81. The Morgan fingerprint density at radius 3 is 2.89 bits per heavy atom. The van der Waals surface area contributed by atoms with E-state index in [1.165, 1.54) is 15.6 Å². The molecule has 0 spiro atoms. The third-order valence-corrected chi connectivity index (χ3v) is 4.73. The van der Waals surface area contributed by atoms with Crippen LogP contribution in [0.1, 0.15) is 24.4 Å². The molecular weight excluding hydrogens is 256 g/mol. The Kier molecular flexibility index (Phi) is 2.38. The van der Waals surface area contributed by atoms with Crippen molar-refractivity contribution < 1.29 is 0 Å². The second-order valence-corrected chi connectivity index (χ2v) is 6.02. The van der Waals surface area contributed by atoms with Gasteiger partial charge in [0.05, 0.1) is 6.54 Å². The van der Waals surface area contributed by atoms with E-state index in [1.807, 2.05) is 21.5 Å². The van der Waals surface area contributed by atoms with Crippen molar-refractivity contribution in [3.05, 3.63) is 58.1 Å². The highest BCUT2D eigenvalue weighted by Crippen LogP contribution is 2.33. The van der Waals surface area contributed by atoms with Crippen molar-refractivity contribution in [2.75, 3.05) is 0 Å². The average Bonchev–Trinajstić information content (AvgIpc) is 3.10. The number of rotatable bonds is 3. The molecule has 4 heteroatoms. The number of hydrogen-bond acceptors (Lipinski definition) is 2. The molecule has 2 aromatic heterocycles. The van der Waals surface area contributed by atoms with Crippen molar-refractivity contribution in [2.45, 2.75) is 25.4 Å². The minimum atomic E-state index is 0.123. The summed E-state index contributed by atoms with van der Waals surface area (Å²) in [5.74, 6) is 0. The van der Waals surface area contributed by atoms with E-state index in [-0.39, 0.29) is 5.69 Å². The van der Waals surface area contributed by atoms with Crippen LogP contribution in [0.2, 0.25) is 0 Å². The van der Waals surface area contributed by atoms with Crippen molar-refractivity contribution in [1.82, 2.24) is 9.13 Å². The molecule has 3 nitrogen and oxygen atoms in total. The maximum absolute atomic E-state index is 12.2. The molecule has 0 saturated heterocycles. The molecule has 4 rings (SSSR count). The van der Waals surface area contributed by atoms with Crippen molar-refractivity contribution in [3.8, 4) is 0 Å². The van der Waals surface area contributed by atoms with Gasteiger partial charge < -0.3 is 0 Å². The summed E-state index contributed by atoms with van der Waals surface area (Å²) in [6.07, 6.45) is 6.12. The summed E-state index contributed by atoms with van der Waals surface area (Å²) >= 11 is 1.74. The van der Waals surface area contributed by atoms with Crippen LogP contribution in [0.4, 0.5) is 0 Å². The van der Waals surface area contributed by atoms with Gasteiger partial charge in [-0.25, -0.2) is 4.79 Å². The summed E-state index contributed by atoms with van der Waals surface area (Å²) in [5.41, 5.74) is 1.36. The summed E-state index contributed by atoms with van der Waals surface area (Å²) in [6, 6.07) is 8.81. The molecular formula is C15H14N2OS. The number of imidazole rings is 1. The average molecular weight is 270 g/mol. The van der Waals surface area contributed by atoms with E-state index in [4.69, 9.17) is 0 Å². The first-order valence-corrected chi connectivity index (χ1v) is 7.43. The summed E-state index contributed by atoms with van der Waals surface area (Å²) in [7, 11) is 0. The molecule has 0 unspecified atom stereocenters. The zero-order valence-corrected chi connectivity index (χ0v) is 11.3.